The summed E-state index contributed by atoms with van der Waals surface area (Å²) in [6.07, 6.45) is 1.00. The number of hydrogen-bond acceptors (Lipinski definition) is 2. The van der Waals surface area contributed by atoms with Gasteiger partial charge in [-0.1, -0.05) is 13.8 Å². The summed E-state index contributed by atoms with van der Waals surface area (Å²) >= 11 is 0. The molecule has 2 nitrogen and oxygen atoms in total. The molecule has 0 amide bonds. The Labute approximate surface area is 108 Å². The van der Waals surface area contributed by atoms with Crippen molar-refractivity contribution in [2.45, 2.75) is 26.8 Å². The summed E-state index contributed by atoms with van der Waals surface area (Å²) in [7, 11) is 0. The first-order valence-electron chi connectivity index (χ1n) is 6.44. The summed E-state index contributed by atoms with van der Waals surface area (Å²) in [5.74, 6) is -0.385. The predicted molar refractivity (Wildman–Crippen MR) is 70.4 cm³/mol. The van der Waals surface area contributed by atoms with E-state index >= 15 is 0 Å². The molecule has 0 bridgehead atoms. The quantitative estimate of drug-likeness (QED) is 0.699. The average molecular weight is 256 g/mol. The smallest absolute Gasteiger partial charge is 0.126 e. The molecular weight excluding hydrogens is 234 g/mol. The van der Waals surface area contributed by atoms with Crippen molar-refractivity contribution in [3.8, 4) is 0 Å². The lowest BCUT2D eigenvalue weighted by molar-refractivity contribution is 0.529. The zero-order valence-corrected chi connectivity index (χ0v) is 11.1. The van der Waals surface area contributed by atoms with Crippen molar-refractivity contribution in [1.82, 2.24) is 10.6 Å². The summed E-state index contributed by atoms with van der Waals surface area (Å²) < 4.78 is 25.8. The van der Waals surface area contributed by atoms with Gasteiger partial charge in [-0.05, 0) is 49.7 Å². The van der Waals surface area contributed by atoms with Crippen molar-refractivity contribution in [3.63, 3.8) is 0 Å². The molecule has 4 heteroatoms. The number of hydrogen-bond donors (Lipinski definition) is 2. The molecule has 1 aromatic rings. The lowest BCUT2D eigenvalue weighted by Crippen LogP contribution is -2.24. The Bertz CT molecular complexity index is 333. The minimum Gasteiger partial charge on any atom is -0.316 e. The van der Waals surface area contributed by atoms with E-state index in [1.807, 2.05) is 0 Å². The molecule has 0 saturated carbocycles. The lowest BCUT2D eigenvalue weighted by Gasteiger charge is -2.08. The van der Waals surface area contributed by atoms with Crippen LogP contribution in [0.1, 0.15) is 25.8 Å². The highest BCUT2D eigenvalue weighted by Crippen LogP contribution is 2.07. The van der Waals surface area contributed by atoms with E-state index in [0.29, 0.717) is 18.0 Å². The van der Waals surface area contributed by atoms with Crippen LogP contribution in [-0.4, -0.2) is 19.6 Å². The monoisotopic (exact) mass is 256 g/mol. The van der Waals surface area contributed by atoms with Crippen LogP contribution in [0.25, 0.3) is 0 Å². The van der Waals surface area contributed by atoms with Gasteiger partial charge in [0.2, 0.25) is 0 Å². The topological polar surface area (TPSA) is 24.1 Å². The summed E-state index contributed by atoms with van der Waals surface area (Å²) in [6.45, 7) is 7.66. The highest BCUT2D eigenvalue weighted by atomic mass is 19.1. The van der Waals surface area contributed by atoms with E-state index in [9.17, 15) is 8.78 Å². The first kappa shape index (κ1) is 15.1. The van der Waals surface area contributed by atoms with Crippen molar-refractivity contribution in [2.75, 3.05) is 19.6 Å². The van der Waals surface area contributed by atoms with Crippen LogP contribution in [0.15, 0.2) is 18.2 Å². The van der Waals surface area contributed by atoms with E-state index in [0.717, 1.165) is 32.1 Å². The minimum atomic E-state index is -0.523. The molecule has 0 unspecified atom stereocenters. The normalized spacial score (nSPS) is 11.2. The summed E-state index contributed by atoms with van der Waals surface area (Å²) in [6, 6.07) is 3.60. The largest absolute Gasteiger partial charge is 0.316 e. The second-order valence-corrected chi connectivity index (χ2v) is 4.91. The van der Waals surface area contributed by atoms with Gasteiger partial charge in [0, 0.05) is 12.6 Å². The molecule has 0 aromatic heterocycles. The van der Waals surface area contributed by atoms with Crippen LogP contribution >= 0.6 is 0 Å². The second-order valence-electron chi connectivity index (χ2n) is 4.91. The van der Waals surface area contributed by atoms with Gasteiger partial charge in [0.15, 0.2) is 0 Å². The SMILES string of the molecule is CC(C)CNCCCNCc1cc(F)cc(F)c1. The molecule has 1 aromatic carbocycles. The summed E-state index contributed by atoms with van der Waals surface area (Å²) in [5.41, 5.74) is 0.641. The molecule has 0 fully saturated rings. The lowest BCUT2D eigenvalue weighted by atomic mass is 10.2. The van der Waals surface area contributed by atoms with E-state index in [1.54, 1.807) is 0 Å². The Morgan fingerprint density at radius 1 is 1.00 bits per heavy atom. The van der Waals surface area contributed by atoms with Gasteiger partial charge in [0.1, 0.15) is 11.6 Å². The molecule has 0 spiro atoms. The predicted octanol–water partition coefficient (Wildman–Crippen LogP) is 2.69. The number of rotatable bonds is 8. The molecule has 18 heavy (non-hydrogen) atoms. The fourth-order valence-electron chi connectivity index (χ4n) is 1.67. The van der Waals surface area contributed by atoms with Crippen molar-refractivity contribution in [3.05, 3.63) is 35.4 Å². The first-order valence-corrected chi connectivity index (χ1v) is 6.44. The zero-order chi connectivity index (χ0) is 13.4. The molecule has 0 heterocycles. The third kappa shape index (κ3) is 6.67. The van der Waals surface area contributed by atoms with Gasteiger partial charge in [0.25, 0.3) is 0 Å². The fraction of sp³-hybridized carbons (Fsp3) is 0.571. The summed E-state index contributed by atoms with van der Waals surface area (Å²) in [5, 5.41) is 6.51. The molecule has 102 valence electrons. The Balaban J connectivity index is 2.10. The standard InChI is InChI=1S/C14H22F2N2/c1-11(2)9-17-4-3-5-18-10-12-6-13(15)8-14(16)7-12/h6-8,11,17-18H,3-5,9-10H2,1-2H3. The van der Waals surface area contributed by atoms with Gasteiger partial charge < -0.3 is 10.6 Å². The Kier molecular flexibility index (Phi) is 6.83. The van der Waals surface area contributed by atoms with Crippen LogP contribution in [0.5, 0.6) is 0 Å². The van der Waals surface area contributed by atoms with Gasteiger partial charge in [-0.3, -0.25) is 0 Å². The molecule has 2 N–H and O–H groups in total. The van der Waals surface area contributed by atoms with Crippen LogP contribution in [0.3, 0.4) is 0 Å². The van der Waals surface area contributed by atoms with Crippen LogP contribution in [0, 0.1) is 17.6 Å². The van der Waals surface area contributed by atoms with E-state index in [4.69, 9.17) is 0 Å². The van der Waals surface area contributed by atoms with Crippen molar-refractivity contribution in [1.29, 1.82) is 0 Å². The zero-order valence-electron chi connectivity index (χ0n) is 11.1. The fourth-order valence-corrected chi connectivity index (χ4v) is 1.67. The van der Waals surface area contributed by atoms with Crippen molar-refractivity contribution >= 4 is 0 Å². The van der Waals surface area contributed by atoms with E-state index < -0.39 is 11.6 Å². The minimum absolute atomic E-state index is 0.499. The molecule has 0 aliphatic carbocycles. The highest BCUT2D eigenvalue weighted by molar-refractivity contribution is 5.17. The third-order valence-electron chi connectivity index (χ3n) is 2.51. The number of halogens is 2. The Morgan fingerprint density at radius 2 is 1.61 bits per heavy atom. The first-order chi connectivity index (χ1) is 8.58. The Hall–Kier alpha value is -1.00. The molecule has 1 rings (SSSR count). The number of nitrogens with one attached hydrogen (secondary N) is 2. The maximum absolute atomic E-state index is 12.9. The molecule has 0 aliphatic rings. The average Bonchev–Trinajstić information content (AvgIpc) is 2.26. The van der Waals surface area contributed by atoms with Crippen LogP contribution < -0.4 is 10.6 Å². The van der Waals surface area contributed by atoms with Crippen LogP contribution in [0.4, 0.5) is 8.78 Å². The van der Waals surface area contributed by atoms with Gasteiger partial charge in [-0.15, -0.1) is 0 Å². The highest BCUT2D eigenvalue weighted by Gasteiger charge is 2.00. The van der Waals surface area contributed by atoms with Gasteiger partial charge >= 0.3 is 0 Å². The molecule has 0 aliphatic heterocycles. The van der Waals surface area contributed by atoms with Gasteiger partial charge in [-0.25, -0.2) is 8.78 Å². The van der Waals surface area contributed by atoms with Gasteiger partial charge in [-0.2, -0.15) is 0 Å². The molecule has 0 radical (unpaired) electrons. The molecular formula is C14H22F2N2. The van der Waals surface area contributed by atoms with Crippen LogP contribution in [0.2, 0.25) is 0 Å². The molecule has 0 saturated heterocycles. The summed E-state index contributed by atoms with van der Waals surface area (Å²) in [4.78, 5) is 0. The number of benzene rings is 1. The van der Waals surface area contributed by atoms with E-state index in [2.05, 4.69) is 24.5 Å². The van der Waals surface area contributed by atoms with E-state index in [1.165, 1.54) is 12.1 Å². The maximum atomic E-state index is 12.9. The third-order valence-corrected chi connectivity index (χ3v) is 2.51. The van der Waals surface area contributed by atoms with Gasteiger partial charge in [0.05, 0.1) is 0 Å². The molecule has 0 atom stereocenters. The van der Waals surface area contributed by atoms with Crippen LogP contribution in [-0.2, 0) is 6.54 Å². The van der Waals surface area contributed by atoms with Crippen molar-refractivity contribution in [2.24, 2.45) is 5.92 Å². The second kappa shape index (κ2) is 8.16. The Morgan fingerprint density at radius 3 is 2.22 bits per heavy atom. The van der Waals surface area contributed by atoms with Crippen molar-refractivity contribution < 1.29 is 8.78 Å². The van der Waals surface area contributed by atoms with E-state index in [-0.39, 0.29) is 0 Å². The maximum Gasteiger partial charge on any atom is 0.126 e.